The van der Waals surface area contributed by atoms with Crippen LogP contribution < -0.4 is 10.0 Å². The summed E-state index contributed by atoms with van der Waals surface area (Å²) in [7, 11) is -2.16. The molecule has 0 saturated heterocycles. The van der Waals surface area contributed by atoms with E-state index in [-0.39, 0.29) is 21.4 Å². The summed E-state index contributed by atoms with van der Waals surface area (Å²) >= 11 is 1.12. The number of rotatable bonds is 8. The van der Waals surface area contributed by atoms with Crippen LogP contribution in [0.2, 0.25) is 0 Å². The number of hydrogen-bond acceptors (Lipinski definition) is 5. The van der Waals surface area contributed by atoms with Crippen molar-refractivity contribution in [3.63, 3.8) is 0 Å². The van der Waals surface area contributed by atoms with Gasteiger partial charge in [-0.3, -0.25) is 9.52 Å². The van der Waals surface area contributed by atoms with Crippen molar-refractivity contribution in [3.05, 3.63) is 59.5 Å². The Labute approximate surface area is 162 Å². The van der Waals surface area contributed by atoms with Gasteiger partial charge >= 0.3 is 0 Å². The highest BCUT2D eigenvalue weighted by Gasteiger charge is 2.20. The standard InChI is InChI=1S/C19H20N2O4S2/c1-25-10-5-9-20-19(22)16-12-14-6-2-3-7-15(14)13-17(16)21-27(23,24)18-8-4-11-26-18/h2-4,6-8,11-13,21H,5,9-10H2,1H3,(H,20,22). The third-order valence-electron chi connectivity index (χ3n) is 3.95. The number of carbonyl (C=O) groups is 1. The van der Waals surface area contributed by atoms with Crippen LogP contribution in [0.1, 0.15) is 16.8 Å². The molecule has 1 amide bonds. The summed E-state index contributed by atoms with van der Waals surface area (Å²) in [5, 5.41) is 6.21. The summed E-state index contributed by atoms with van der Waals surface area (Å²) in [5.41, 5.74) is 0.539. The molecule has 3 rings (SSSR count). The fourth-order valence-electron chi connectivity index (χ4n) is 2.64. The van der Waals surface area contributed by atoms with Crippen LogP contribution in [0.25, 0.3) is 10.8 Å². The fourth-order valence-corrected chi connectivity index (χ4v) is 4.70. The third kappa shape index (κ3) is 4.65. The average Bonchev–Trinajstić information content (AvgIpc) is 3.20. The zero-order valence-corrected chi connectivity index (χ0v) is 16.4. The number of nitrogens with one attached hydrogen (secondary N) is 2. The van der Waals surface area contributed by atoms with E-state index in [1.54, 1.807) is 30.7 Å². The lowest BCUT2D eigenvalue weighted by Gasteiger charge is -2.14. The fraction of sp³-hybridized carbons (Fsp3) is 0.211. The Hall–Kier alpha value is -2.42. The lowest BCUT2D eigenvalue weighted by Crippen LogP contribution is -2.26. The van der Waals surface area contributed by atoms with Crippen molar-refractivity contribution in [1.82, 2.24) is 5.32 Å². The second kappa shape index (κ2) is 8.51. The average molecular weight is 405 g/mol. The molecule has 1 aromatic heterocycles. The van der Waals surface area contributed by atoms with Crippen LogP contribution in [0.5, 0.6) is 0 Å². The summed E-state index contributed by atoms with van der Waals surface area (Å²) in [6.45, 7) is 0.979. The minimum absolute atomic E-state index is 0.196. The van der Waals surface area contributed by atoms with E-state index in [2.05, 4.69) is 10.0 Å². The maximum atomic E-state index is 12.7. The van der Waals surface area contributed by atoms with Crippen LogP contribution in [0, 0.1) is 0 Å². The Balaban J connectivity index is 1.95. The third-order valence-corrected chi connectivity index (χ3v) is 6.71. The Morgan fingerprint density at radius 1 is 1.11 bits per heavy atom. The highest BCUT2D eigenvalue weighted by Crippen LogP contribution is 2.27. The minimum Gasteiger partial charge on any atom is -0.385 e. The summed E-state index contributed by atoms with van der Waals surface area (Å²) in [6.07, 6.45) is 0.673. The van der Waals surface area contributed by atoms with Crippen LogP contribution in [0.4, 0.5) is 5.69 Å². The number of sulfonamides is 1. The largest absolute Gasteiger partial charge is 0.385 e. The molecule has 142 valence electrons. The van der Waals surface area contributed by atoms with Gasteiger partial charge in [-0.1, -0.05) is 30.3 Å². The van der Waals surface area contributed by atoms with E-state index >= 15 is 0 Å². The first-order valence-corrected chi connectivity index (χ1v) is 10.7. The highest BCUT2D eigenvalue weighted by atomic mass is 32.2. The molecule has 0 bridgehead atoms. The zero-order chi connectivity index (χ0) is 19.3. The van der Waals surface area contributed by atoms with Gasteiger partial charge in [0, 0.05) is 20.3 Å². The predicted molar refractivity (Wildman–Crippen MR) is 108 cm³/mol. The molecular weight excluding hydrogens is 384 g/mol. The molecule has 0 aliphatic rings. The van der Waals surface area contributed by atoms with Crippen molar-refractivity contribution in [2.24, 2.45) is 0 Å². The minimum atomic E-state index is -3.76. The molecule has 8 heteroatoms. The van der Waals surface area contributed by atoms with Gasteiger partial charge in [0.25, 0.3) is 15.9 Å². The van der Waals surface area contributed by atoms with Crippen LogP contribution in [0.15, 0.2) is 58.1 Å². The van der Waals surface area contributed by atoms with Gasteiger partial charge in [-0.15, -0.1) is 11.3 Å². The van der Waals surface area contributed by atoms with Crippen molar-refractivity contribution in [1.29, 1.82) is 0 Å². The van der Waals surface area contributed by atoms with Gasteiger partial charge in [-0.25, -0.2) is 8.42 Å². The maximum absolute atomic E-state index is 12.7. The van der Waals surface area contributed by atoms with Crippen LogP contribution >= 0.6 is 11.3 Å². The molecule has 27 heavy (non-hydrogen) atoms. The number of anilines is 1. The molecule has 0 saturated carbocycles. The molecular formula is C19H20N2O4S2. The number of methoxy groups -OCH3 is 1. The van der Waals surface area contributed by atoms with Crippen molar-refractivity contribution in [2.75, 3.05) is 25.0 Å². The molecule has 2 aromatic carbocycles. The van der Waals surface area contributed by atoms with Crippen molar-refractivity contribution < 1.29 is 17.9 Å². The Kier molecular flexibility index (Phi) is 6.10. The first kappa shape index (κ1) is 19.3. The Morgan fingerprint density at radius 2 is 1.85 bits per heavy atom. The van der Waals surface area contributed by atoms with Crippen LogP contribution in [-0.2, 0) is 14.8 Å². The van der Waals surface area contributed by atoms with Crippen molar-refractivity contribution in [2.45, 2.75) is 10.6 Å². The quantitative estimate of drug-likeness (QED) is 0.563. The van der Waals surface area contributed by atoms with Gasteiger partial charge in [-0.05, 0) is 40.8 Å². The summed E-state index contributed by atoms with van der Waals surface area (Å²) in [6, 6.07) is 14.1. The number of thiophene rings is 1. The monoisotopic (exact) mass is 404 g/mol. The van der Waals surface area contributed by atoms with Gasteiger partial charge < -0.3 is 10.1 Å². The molecule has 6 nitrogen and oxygen atoms in total. The zero-order valence-electron chi connectivity index (χ0n) is 14.8. The molecule has 0 fully saturated rings. The molecule has 0 spiro atoms. The van der Waals surface area contributed by atoms with Gasteiger partial charge in [0.1, 0.15) is 4.21 Å². The number of fused-ring (bicyclic) bond motifs is 1. The van der Waals surface area contributed by atoms with E-state index in [0.29, 0.717) is 19.6 Å². The van der Waals surface area contributed by atoms with Gasteiger partial charge in [0.2, 0.25) is 0 Å². The second-order valence-electron chi connectivity index (χ2n) is 5.88. The number of ether oxygens (including phenoxy) is 1. The van der Waals surface area contributed by atoms with Gasteiger partial charge in [0.15, 0.2) is 0 Å². The van der Waals surface area contributed by atoms with Crippen LogP contribution in [-0.4, -0.2) is 34.6 Å². The number of amides is 1. The Bertz CT molecular complexity index is 1030. The van der Waals surface area contributed by atoms with E-state index < -0.39 is 10.0 Å². The van der Waals surface area contributed by atoms with Crippen LogP contribution in [0.3, 0.4) is 0 Å². The van der Waals surface area contributed by atoms with E-state index in [1.165, 1.54) is 6.07 Å². The summed E-state index contributed by atoms with van der Waals surface area (Å²) < 4.78 is 33.0. The molecule has 2 N–H and O–H groups in total. The van der Waals surface area contributed by atoms with E-state index in [1.807, 2.05) is 24.3 Å². The number of benzene rings is 2. The topological polar surface area (TPSA) is 84.5 Å². The van der Waals surface area contributed by atoms with Gasteiger partial charge in [0.05, 0.1) is 11.3 Å². The molecule has 0 aliphatic carbocycles. The number of hydrogen-bond donors (Lipinski definition) is 2. The van der Waals surface area contributed by atoms with Gasteiger partial charge in [-0.2, -0.15) is 0 Å². The van der Waals surface area contributed by atoms with E-state index in [0.717, 1.165) is 22.1 Å². The predicted octanol–water partition coefficient (Wildman–Crippen LogP) is 3.47. The molecule has 0 radical (unpaired) electrons. The lowest BCUT2D eigenvalue weighted by atomic mass is 10.0. The summed E-state index contributed by atoms with van der Waals surface area (Å²) in [4.78, 5) is 12.7. The second-order valence-corrected chi connectivity index (χ2v) is 8.74. The Morgan fingerprint density at radius 3 is 2.52 bits per heavy atom. The normalized spacial score (nSPS) is 11.4. The molecule has 0 aliphatic heterocycles. The first-order chi connectivity index (χ1) is 13.0. The SMILES string of the molecule is COCCCNC(=O)c1cc2ccccc2cc1NS(=O)(=O)c1cccs1. The smallest absolute Gasteiger partial charge is 0.271 e. The highest BCUT2D eigenvalue weighted by molar-refractivity contribution is 7.94. The summed E-state index contributed by atoms with van der Waals surface area (Å²) in [5.74, 6) is -0.333. The number of carbonyl (C=O) groups excluding carboxylic acids is 1. The maximum Gasteiger partial charge on any atom is 0.271 e. The first-order valence-electron chi connectivity index (χ1n) is 8.37. The molecule has 0 atom stereocenters. The van der Waals surface area contributed by atoms with E-state index in [9.17, 15) is 13.2 Å². The van der Waals surface area contributed by atoms with Crippen molar-refractivity contribution >= 4 is 43.7 Å². The lowest BCUT2D eigenvalue weighted by molar-refractivity contribution is 0.0949. The van der Waals surface area contributed by atoms with Crippen molar-refractivity contribution in [3.8, 4) is 0 Å². The molecule has 1 heterocycles. The van der Waals surface area contributed by atoms with E-state index in [4.69, 9.17) is 4.74 Å². The molecule has 3 aromatic rings. The molecule has 0 unspecified atom stereocenters.